The van der Waals surface area contributed by atoms with E-state index in [1.807, 2.05) is 6.92 Å². The summed E-state index contributed by atoms with van der Waals surface area (Å²) in [5.41, 5.74) is 0.0872. The lowest BCUT2D eigenvalue weighted by Gasteiger charge is -2.34. The lowest BCUT2D eigenvalue weighted by atomic mass is 9.81. The molecule has 0 spiro atoms. The van der Waals surface area contributed by atoms with Gasteiger partial charge in [-0.3, -0.25) is 0 Å². The highest BCUT2D eigenvalue weighted by Gasteiger charge is 2.28. The van der Waals surface area contributed by atoms with Gasteiger partial charge in [-0.25, -0.2) is 13.1 Å². The Morgan fingerprint density at radius 1 is 1.35 bits per heavy atom. The summed E-state index contributed by atoms with van der Waals surface area (Å²) in [6.07, 6.45) is 2.03. The first kappa shape index (κ1) is 14.9. The van der Waals surface area contributed by atoms with Gasteiger partial charge in [0.25, 0.3) is 0 Å². The highest BCUT2D eigenvalue weighted by Crippen LogP contribution is 2.26. The molecule has 1 fully saturated rings. The van der Waals surface area contributed by atoms with E-state index in [-0.39, 0.29) is 17.8 Å². The Bertz CT molecular complexity index is 311. The highest BCUT2D eigenvalue weighted by atomic mass is 32.2. The topological polar surface area (TPSA) is 67.4 Å². The van der Waals surface area contributed by atoms with Crippen LogP contribution in [0.15, 0.2) is 0 Å². The first-order valence-electron chi connectivity index (χ1n) is 6.23. The van der Waals surface area contributed by atoms with Crippen LogP contribution in [0.2, 0.25) is 0 Å². The number of hydrogen-bond donors (Lipinski definition) is 2. The summed E-state index contributed by atoms with van der Waals surface area (Å²) in [6.45, 7) is 7.29. The molecule has 0 saturated carbocycles. The van der Waals surface area contributed by atoms with Crippen LogP contribution >= 0.6 is 0 Å². The van der Waals surface area contributed by atoms with Crippen LogP contribution < -0.4 is 10.0 Å². The van der Waals surface area contributed by atoms with Gasteiger partial charge in [0, 0.05) is 13.2 Å². The lowest BCUT2D eigenvalue weighted by Crippen LogP contribution is -2.43. The molecule has 0 unspecified atom stereocenters. The van der Waals surface area contributed by atoms with Gasteiger partial charge in [0.15, 0.2) is 0 Å². The van der Waals surface area contributed by atoms with E-state index in [2.05, 4.69) is 17.0 Å². The van der Waals surface area contributed by atoms with Crippen LogP contribution in [0.3, 0.4) is 0 Å². The van der Waals surface area contributed by atoms with Crippen LogP contribution in [0.5, 0.6) is 0 Å². The minimum absolute atomic E-state index is 0.0508. The van der Waals surface area contributed by atoms with Crippen molar-refractivity contribution in [2.45, 2.75) is 26.7 Å². The largest absolute Gasteiger partial charge is 0.381 e. The number of ether oxygens (including phenoxy) is 1. The lowest BCUT2D eigenvalue weighted by molar-refractivity contribution is 0.163. The molecular formula is C11H24N2O3S. The third-order valence-corrected chi connectivity index (χ3v) is 4.52. The molecule has 6 heteroatoms. The van der Waals surface area contributed by atoms with Crippen molar-refractivity contribution < 1.29 is 13.2 Å². The molecule has 1 aliphatic rings. The molecule has 1 saturated heterocycles. The second kappa shape index (κ2) is 6.68. The van der Waals surface area contributed by atoms with E-state index in [0.717, 1.165) is 25.9 Å². The molecule has 0 aromatic rings. The Morgan fingerprint density at radius 3 is 2.59 bits per heavy atom. The molecule has 0 aliphatic carbocycles. The highest BCUT2D eigenvalue weighted by molar-refractivity contribution is 7.89. The summed E-state index contributed by atoms with van der Waals surface area (Å²) in [4.78, 5) is 0. The summed E-state index contributed by atoms with van der Waals surface area (Å²) in [5, 5.41) is 3.28. The number of hydrogen-bond acceptors (Lipinski definition) is 4. The fourth-order valence-electron chi connectivity index (χ4n) is 1.88. The maximum atomic E-state index is 11.7. The summed E-state index contributed by atoms with van der Waals surface area (Å²) >= 11 is 0. The van der Waals surface area contributed by atoms with E-state index in [0.29, 0.717) is 13.2 Å². The van der Waals surface area contributed by atoms with Crippen molar-refractivity contribution in [3.8, 4) is 0 Å². The van der Waals surface area contributed by atoms with E-state index in [9.17, 15) is 8.42 Å². The fraction of sp³-hybridized carbons (Fsp3) is 1.00. The van der Waals surface area contributed by atoms with E-state index in [4.69, 9.17) is 4.74 Å². The predicted octanol–water partition coefficient (Wildman–Crippen LogP) is 0.332. The van der Waals surface area contributed by atoms with Crippen molar-refractivity contribution in [1.82, 2.24) is 10.0 Å². The molecule has 1 heterocycles. The number of nitrogens with one attached hydrogen (secondary N) is 2. The number of rotatable bonds is 7. The van der Waals surface area contributed by atoms with E-state index < -0.39 is 10.0 Å². The maximum absolute atomic E-state index is 11.7. The van der Waals surface area contributed by atoms with Gasteiger partial charge in [0.2, 0.25) is 10.0 Å². The summed E-state index contributed by atoms with van der Waals surface area (Å²) in [7, 11) is -3.19. The zero-order chi connectivity index (χ0) is 12.8. The van der Waals surface area contributed by atoms with E-state index in [1.165, 1.54) is 0 Å². The van der Waals surface area contributed by atoms with Crippen LogP contribution in [0, 0.1) is 5.41 Å². The molecule has 0 atom stereocenters. The zero-order valence-corrected chi connectivity index (χ0v) is 11.6. The monoisotopic (exact) mass is 264 g/mol. The Kier molecular flexibility index (Phi) is 5.85. The van der Waals surface area contributed by atoms with Crippen molar-refractivity contribution in [3.63, 3.8) is 0 Å². The third kappa shape index (κ3) is 5.81. The molecule has 5 nitrogen and oxygen atoms in total. The molecular weight excluding hydrogens is 240 g/mol. The molecule has 0 aromatic heterocycles. The minimum atomic E-state index is -3.19. The molecule has 17 heavy (non-hydrogen) atoms. The number of piperidine rings is 1. The summed E-state index contributed by atoms with van der Waals surface area (Å²) < 4.78 is 31.1. The van der Waals surface area contributed by atoms with E-state index in [1.54, 1.807) is 0 Å². The van der Waals surface area contributed by atoms with Crippen molar-refractivity contribution in [2.75, 3.05) is 38.6 Å². The first-order valence-corrected chi connectivity index (χ1v) is 7.88. The Hall–Kier alpha value is -0.170. The van der Waals surface area contributed by atoms with Crippen LogP contribution in [-0.2, 0) is 14.8 Å². The standard InChI is InChI=1S/C11H24N2O3S/c1-3-16-8-9-17(14,15)13-10-11(2)4-6-12-7-5-11/h12-13H,3-10H2,1-2H3. The first-order chi connectivity index (χ1) is 7.97. The predicted molar refractivity (Wildman–Crippen MR) is 68.5 cm³/mol. The van der Waals surface area contributed by atoms with Crippen molar-refractivity contribution >= 4 is 10.0 Å². The molecule has 1 aliphatic heterocycles. The average Bonchev–Trinajstić information content (AvgIpc) is 2.28. The molecule has 0 amide bonds. The second-order valence-electron chi connectivity index (χ2n) is 4.90. The van der Waals surface area contributed by atoms with Crippen LogP contribution in [-0.4, -0.2) is 47.0 Å². The number of sulfonamides is 1. The Morgan fingerprint density at radius 2 is 2.00 bits per heavy atom. The third-order valence-electron chi connectivity index (χ3n) is 3.23. The van der Waals surface area contributed by atoms with Gasteiger partial charge in [0.1, 0.15) is 0 Å². The van der Waals surface area contributed by atoms with Gasteiger partial charge in [-0.1, -0.05) is 6.92 Å². The Labute approximate surface area is 104 Å². The summed E-state index contributed by atoms with van der Waals surface area (Å²) in [6, 6.07) is 0. The van der Waals surface area contributed by atoms with Crippen molar-refractivity contribution in [1.29, 1.82) is 0 Å². The van der Waals surface area contributed by atoms with E-state index >= 15 is 0 Å². The normalized spacial score (nSPS) is 20.4. The maximum Gasteiger partial charge on any atom is 0.213 e. The van der Waals surface area contributed by atoms with Crippen LogP contribution in [0.25, 0.3) is 0 Å². The molecule has 2 N–H and O–H groups in total. The molecule has 102 valence electrons. The van der Waals surface area contributed by atoms with Gasteiger partial charge in [-0.05, 0) is 38.3 Å². The average molecular weight is 264 g/mol. The van der Waals surface area contributed by atoms with Gasteiger partial charge in [-0.15, -0.1) is 0 Å². The van der Waals surface area contributed by atoms with Crippen LogP contribution in [0.4, 0.5) is 0 Å². The van der Waals surface area contributed by atoms with Gasteiger partial charge in [0.05, 0.1) is 12.4 Å². The molecule has 0 bridgehead atoms. The van der Waals surface area contributed by atoms with Crippen molar-refractivity contribution in [2.24, 2.45) is 5.41 Å². The molecule has 0 radical (unpaired) electrons. The molecule has 0 aromatic carbocycles. The SMILES string of the molecule is CCOCCS(=O)(=O)NCC1(C)CCNCC1. The van der Waals surface area contributed by atoms with Gasteiger partial charge in [-0.2, -0.15) is 0 Å². The van der Waals surface area contributed by atoms with Crippen LogP contribution in [0.1, 0.15) is 26.7 Å². The minimum Gasteiger partial charge on any atom is -0.381 e. The summed E-state index contributed by atoms with van der Waals surface area (Å²) in [5.74, 6) is 0.0508. The quantitative estimate of drug-likeness (QED) is 0.650. The smallest absolute Gasteiger partial charge is 0.213 e. The van der Waals surface area contributed by atoms with Gasteiger partial charge < -0.3 is 10.1 Å². The second-order valence-corrected chi connectivity index (χ2v) is 6.82. The Balaban J connectivity index is 2.32. The van der Waals surface area contributed by atoms with Crippen molar-refractivity contribution in [3.05, 3.63) is 0 Å². The van der Waals surface area contributed by atoms with Gasteiger partial charge >= 0.3 is 0 Å². The fourth-order valence-corrected chi connectivity index (χ4v) is 2.93. The zero-order valence-electron chi connectivity index (χ0n) is 10.8. The molecule has 1 rings (SSSR count).